The van der Waals surface area contributed by atoms with E-state index < -0.39 is 11.4 Å². The normalized spacial score (nSPS) is 24.9. The average molecular weight is 289 g/mol. The summed E-state index contributed by atoms with van der Waals surface area (Å²) >= 11 is 0. The first-order valence-electron chi connectivity index (χ1n) is 7.97. The molecular weight excluding hydrogens is 266 g/mol. The molecule has 0 radical (unpaired) electrons. The SMILES string of the molecule is CCCC1(C(=O)O)CCCN(c2ncnc3c2CCC3)C1. The highest BCUT2D eigenvalue weighted by molar-refractivity contribution is 5.76. The van der Waals surface area contributed by atoms with Crippen molar-refractivity contribution in [1.82, 2.24) is 9.97 Å². The highest BCUT2D eigenvalue weighted by Gasteiger charge is 2.42. The Bertz CT molecular complexity index is 542. The number of rotatable bonds is 4. The Labute approximate surface area is 125 Å². The number of nitrogens with zero attached hydrogens (tertiary/aromatic N) is 3. The molecule has 1 fully saturated rings. The minimum atomic E-state index is -0.653. The molecule has 1 N–H and O–H groups in total. The lowest BCUT2D eigenvalue weighted by atomic mass is 9.76. The maximum Gasteiger partial charge on any atom is 0.311 e. The van der Waals surface area contributed by atoms with Crippen LogP contribution < -0.4 is 4.90 Å². The van der Waals surface area contributed by atoms with Gasteiger partial charge in [0.15, 0.2) is 0 Å². The van der Waals surface area contributed by atoms with Crippen LogP contribution in [0, 0.1) is 5.41 Å². The zero-order valence-corrected chi connectivity index (χ0v) is 12.6. The van der Waals surface area contributed by atoms with Gasteiger partial charge in [0, 0.05) is 24.3 Å². The summed E-state index contributed by atoms with van der Waals surface area (Å²) in [4.78, 5) is 22.9. The third-order valence-electron chi connectivity index (χ3n) is 4.91. The van der Waals surface area contributed by atoms with Crippen LogP contribution in [0.2, 0.25) is 0 Å². The van der Waals surface area contributed by atoms with Gasteiger partial charge in [-0.05, 0) is 38.5 Å². The number of aromatic nitrogens is 2. The van der Waals surface area contributed by atoms with Gasteiger partial charge in [-0.2, -0.15) is 0 Å². The average Bonchev–Trinajstić information content (AvgIpc) is 2.96. The van der Waals surface area contributed by atoms with Crippen molar-refractivity contribution in [2.75, 3.05) is 18.0 Å². The van der Waals surface area contributed by atoms with Crippen LogP contribution in [0.3, 0.4) is 0 Å². The molecule has 5 nitrogen and oxygen atoms in total. The van der Waals surface area contributed by atoms with Gasteiger partial charge in [-0.3, -0.25) is 4.79 Å². The topological polar surface area (TPSA) is 66.3 Å². The molecule has 1 aromatic heterocycles. The molecule has 114 valence electrons. The van der Waals surface area contributed by atoms with Crippen LogP contribution in [0.5, 0.6) is 0 Å². The number of piperidine rings is 1. The Kier molecular flexibility index (Phi) is 3.83. The Hall–Kier alpha value is -1.65. The number of carboxylic acid groups (broad SMARTS) is 1. The predicted octanol–water partition coefficient (Wildman–Crippen LogP) is 2.44. The number of aliphatic carboxylic acids is 1. The van der Waals surface area contributed by atoms with E-state index in [0.29, 0.717) is 6.54 Å². The lowest BCUT2D eigenvalue weighted by Gasteiger charge is -2.41. The van der Waals surface area contributed by atoms with E-state index in [1.807, 2.05) is 0 Å². The van der Waals surface area contributed by atoms with E-state index in [0.717, 1.165) is 63.0 Å². The number of carbonyl (C=O) groups is 1. The van der Waals surface area contributed by atoms with Crippen molar-refractivity contribution in [2.45, 2.75) is 51.9 Å². The molecule has 1 saturated heterocycles. The Morgan fingerprint density at radius 3 is 3.00 bits per heavy atom. The van der Waals surface area contributed by atoms with E-state index in [9.17, 15) is 9.90 Å². The van der Waals surface area contributed by atoms with E-state index in [-0.39, 0.29) is 0 Å². The molecule has 1 atom stereocenters. The van der Waals surface area contributed by atoms with Gasteiger partial charge in [0.25, 0.3) is 0 Å². The van der Waals surface area contributed by atoms with Gasteiger partial charge in [0.2, 0.25) is 0 Å². The molecular formula is C16H23N3O2. The van der Waals surface area contributed by atoms with Crippen LogP contribution >= 0.6 is 0 Å². The van der Waals surface area contributed by atoms with Crippen LogP contribution in [-0.4, -0.2) is 34.1 Å². The maximum absolute atomic E-state index is 11.8. The fraction of sp³-hybridized carbons (Fsp3) is 0.688. The minimum absolute atomic E-state index is 0.583. The number of aryl methyl sites for hydroxylation is 1. The number of anilines is 1. The molecule has 0 aromatic carbocycles. The van der Waals surface area contributed by atoms with Crippen LogP contribution in [0.25, 0.3) is 0 Å². The summed E-state index contributed by atoms with van der Waals surface area (Å²) in [5.74, 6) is 0.332. The molecule has 1 aliphatic heterocycles. The second-order valence-corrected chi connectivity index (χ2v) is 6.34. The van der Waals surface area contributed by atoms with Crippen LogP contribution in [0.15, 0.2) is 6.33 Å². The molecule has 2 aliphatic rings. The molecule has 21 heavy (non-hydrogen) atoms. The van der Waals surface area contributed by atoms with Gasteiger partial charge in [-0.15, -0.1) is 0 Å². The van der Waals surface area contributed by atoms with Crippen molar-refractivity contribution in [3.05, 3.63) is 17.6 Å². The number of hydrogen-bond donors (Lipinski definition) is 1. The summed E-state index contributed by atoms with van der Waals surface area (Å²) in [5, 5.41) is 9.72. The standard InChI is InChI=1S/C16H23N3O2/c1-2-7-16(15(20)21)8-4-9-19(10-16)14-12-5-3-6-13(12)17-11-18-14/h11H,2-10H2,1H3,(H,20,21). The highest BCUT2D eigenvalue weighted by Crippen LogP contribution is 2.38. The first kappa shape index (κ1) is 14.3. The van der Waals surface area contributed by atoms with Crippen molar-refractivity contribution in [3.8, 4) is 0 Å². The second kappa shape index (κ2) is 5.62. The van der Waals surface area contributed by atoms with E-state index in [4.69, 9.17) is 0 Å². The molecule has 3 rings (SSSR count). The van der Waals surface area contributed by atoms with Gasteiger partial charge in [0.05, 0.1) is 5.41 Å². The third-order valence-corrected chi connectivity index (χ3v) is 4.91. The second-order valence-electron chi connectivity index (χ2n) is 6.34. The largest absolute Gasteiger partial charge is 0.481 e. The summed E-state index contributed by atoms with van der Waals surface area (Å²) < 4.78 is 0. The van der Waals surface area contributed by atoms with Gasteiger partial charge in [-0.1, -0.05) is 13.3 Å². The van der Waals surface area contributed by atoms with E-state index in [1.54, 1.807) is 6.33 Å². The summed E-state index contributed by atoms with van der Waals surface area (Å²) in [6, 6.07) is 0. The first-order chi connectivity index (χ1) is 10.2. The molecule has 1 aliphatic carbocycles. The fourth-order valence-corrected chi connectivity index (χ4v) is 3.89. The zero-order chi connectivity index (χ0) is 14.9. The molecule has 1 unspecified atom stereocenters. The van der Waals surface area contributed by atoms with Crippen molar-refractivity contribution in [2.24, 2.45) is 5.41 Å². The monoisotopic (exact) mass is 289 g/mol. The van der Waals surface area contributed by atoms with E-state index in [1.165, 1.54) is 5.56 Å². The lowest BCUT2D eigenvalue weighted by Crippen LogP contribution is -2.48. The molecule has 0 amide bonds. The number of carboxylic acids is 1. The van der Waals surface area contributed by atoms with Crippen molar-refractivity contribution >= 4 is 11.8 Å². The highest BCUT2D eigenvalue weighted by atomic mass is 16.4. The van der Waals surface area contributed by atoms with Crippen molar-refractivity contribution in [1.29, 1.82) is 0 Å². The summed E-state index contributed by atoms with van der Waals surface area (Å²) in [6.07, 6.45) is 8.16. The summed E-state index contributed by atoms with van der Waals surface area (Å²) in [5.41, 5.74) is 1.79. The van der Waals surface area contributed by atoms with Crippen molar-refractivity contribution in [3.63, 3.8) is 0 Å². The predicted molar refractivity (Wildman–Crippen MR) is 80.5 cm³/mol. The third kappa shape index (κ3) is 2.49. The van der Waals surface area contributed by atoms with Gasteiger partial charge < -0.3 is 10.0 Å². The van der Waals surface area contributed by atoms with Gasteiger partial charge >= 0.3 is 5.97 Å². The Morgan fingerprint density at radius 2 is 2.24 bits per heavy atom. The maximum atomic E-state index is 11.8. The van der Waals surface area contributed by atoms with E-state index >= 15 is 0 Å². The Morgan fingerprint density at radius 1 is 1.38 bits per heavy atom. The van der Waals surface area contributed by atoms with Gasteiger partial charge in [-0.25, -0.2) is 9.97 Å². The van der Waals surface area contributed by atoms with Crippen LogP contribution in [0.1, 0.15) is 50.3 Å². The summed E-state index contributed by atoms with van der Waals surface area (Å²) in [6.45, 7) is 3.55. The number of fused-ring (bicyclic) bond motifs is 1. The van der Waals surface area contributed by atoms with Crippen LogP contribution in [-0.2, 0) is 17.6 Å². The van der Waals surface area contributed by atoms with Gasteiger partial charge in [0.1, 0.15) is 12.1 Å². The molecule has 0 saturated carbocycles. The molecule has 2 heterocycles. The smallest absolute Gasteiger partial charge is 0.311 e. The molecule has 1 aromatic rings. The van der Waals surface area contributed by atoms with Crippen molar-refractivity contribution < 1.29 is 9.90 Å². The fourth-order valence-electron chi connectivity index (χ4n) is 3.89. The molecule has 5 heteroatoms. The minimum Gasteiger partial charge on any atom is -0.481 e. The molecule has 0 bridgehead atoms. The molecule has 0 spiro atoms. The summed E-state index contributed by atoms with van der Waals surface area (Å²) in [7, 11) is 0. The van der Waals surface area contributed by atoms with Crippen LogP contribution in [0.4, 0.5) is 5.82 Å². The first-order valence-corrected chi connectivity index (χ1v) is 7.97. The quantitative estimate of drug-likeness (QED) is 0.922. The number of hydrogen-bond acceptors (Lipinski definition) is 4. The van der Waals surface area contributed by atoms with E-state index in [2.05, 4.69) is 21.8 Å². The lowest BCUT2D eigenvalue weighted by molar-refractivity contribution is -0.150. The Balaban J connectivity index is 1.90. The zero-order valence-electron chi connectivity index (χ0n) is 12.6.